The van der Waals surface area contributed by atoms with Crippen molar-refractivity contribution in [3.8, 4) is 5.75 Å². The average Bonchev–Trinajstić information content (AvgIpc) is 3.06. The number of likely N-dealkylation sites (tertiary alicyclic amines) is 1. The molecule has 4 fully saturated rings. The van der Waals surface area contributed by atoms with Crippen molar-refractivity contribution < 1.29 is 19.1 Å². The third-order valence-electron chi connectivity index (χ3n) is 10.7. The number of benzene rings is 2. The van der Waals surface area contributed by atoms with Crippen LogP contribution in [0.1, 0.15) is 67.3 Å². The van der Waals surface area contributed by atoms with Crippen LogP contribution in [0.2, 0.25) is 5.02 Å². The maximum absolute atomic E-state index is 13.5. The summed E-state index contributed by atoms with van der Waals surface area (Å²) in [7, 11) is 1.71. The van der Waals surface area contributed by atoms with Crippen molar-refractivity contribution >= 4 is 35.1 Å². The Morgan fingerprint density at radius 3 is 2.27 bits per heavy atom. The number of piperidine rings is 1. The van der Waals surface area contributed by atoms with Crippen LogP contribution in [0.4, 0.5) is 10.5 Å². The van der Waals surface area contributed by atoms with Gasteiger partial charge in [-0.15, -0.1) is 0 Å². The van der Waals surface area contributed by atoms with Gasteiger partial charge in [-0.05, 0) is 98.7 Å². The number of nitrogens with zero attached hydrogens (tertiary/aromatic N) is 4. The fourth-order valence-corrected chi connectivity index (χ4v) is 7.84. The molecule has 0 atom stereocenters. The molecule has 45 heavy (non-hydrogen) atoms. The standard InChI is InChI=1S/C35H46ClN5O4/c1-45-29-5-2-27(3-6-29)25-39-22-20-38(21-23-39)16-10-26-8-12-35(13-9-26)14-18-40(19-15-35)33(43)28-4-7-30(36)31(24-28)41-17-11-32(42)37-34(41)44/h2-7,24,26H,8-23,25H2,1H3,(H,37,42,44). The van der Waals surface area contributed by atoms with E-state index in [-0.39, 0.29) is 24.8 Å². The van der Waals surface area contributed by atoms with Gasteiger partial charge in [-0.1, -0.05) is 23.7 Å². The maximum Gasteiger partial charge on any atom is 0.328 e. The summed E-state index contributed by atoms with van der Waals surface area (Å²) in [6.07, 6.45) is 8.74. The maximum atomic E-state index is 13.5. The summed E-state index contributed by atoms with van der Waals surface area (Å²) < 4.78 is 5.28. The van der Waals surface area contributed by atoms with Crippen LogP contribution in [0, 0.1) is 11.3 Å². The van der Waals surface area contributed by atoms with E-state index in [2.05, 4.69) is 27.2 Å². The molecule has 1 N–H and O–H groups in total. The van der Waals surface area contributed by atoms with E-state index in [4.69, 9.17) is 16.3 Å². The number of amides is 4. The first-order chi connectivity index (χ1) is 21.8. The number of methoxy groups -OCH3 is 1. The van der Waals surface area contributed by atoms with Gasteiger partial charge in [0.1, 0.15) is 5.75 Å². The average molecular weight is 636 g/mol. The normalized spacial score (nSPS) is 21.6. The molecule has 1 saturated carbocycles. The second-order valence-corrected chi connectivity index (χ2v) is 13.8. The van der Waals surface area contributed by atoms with Crippen molar-refractivity contribution in [2.24, 2.45) is 11.3 Å². The summed E-state index contributed by atoms with van der Waals surface area (Å²) in [4.78, 5) is 46.0. The summed E-state index contributed by atoms with van der Waals surface area (Å²) in [5.74, 6) is 1.40. The fraction of sp³-hybridized carbons (Fsp3) is 0.571. The van der Waals surface area contributed by atoms with E-state index in [0.29, 0.717) is 21.7 Å². The first-order valence-corrected chi connectivity index (χ1v) is 17.0. The highest BCUT2D eigenvalue weighted by molar-refractivity contribution is 6.34. The monoisotopic (exact) mass is 635 g/mol. The zero-order valence-corrected chi connectivity index (χ0v) is 27.2. The Morgan fingerprint density at radius 1 is 0.911 bits per heavy atom. The fourth-order valence-electron chi connectivity index (χ4n) is 7.62. The zero-order chi connectivity index (χ0) is 31.4. The molecule has 6 rings (SSSR count). The molecule has 3 heterocycles. The van der Waals surface area contributed by atoms with Crippen LogP contribution in [0.5, 0.6) is 5.75 Å². The SMILES string of the molecule is COc1ccc(CN2CCN(CCC3CCC4(CC3)CCN(C(=O)c3ccc(Cl)c(N5CCC(=O)NC5=O)c3)CC4)CC2)cc1. The van der Waals surface area contributed by atoms with E-state index in [1.165, 1.54) is 49.1 Å². The number of hydrogen-bond acceptors (Lipinski definition) is 6. The number of halogens is 1. The van der Waals surface area contributed by atoms with Gasteiger partial charge in [0.05, 0.1) is 17.8 Å². The van der Waals surface area contributed by atoms with Crippen molar-refractivity contribution in [2.75, 3.05) is 64.4 Å². The molecule has 2 aromatic carbocycles. The lowest BCUT2D eigenvalue weighted by molar-refractivity contribution is -0.120. The molecule has 1 spiro atoms. The first kappa shape index (κ1) is 31.8. The van der Waals surface area contributed by atoms with Gasteiger partial charge < -0.3 is 14.5 Å². The van der Waals surface area contributed by atoms with E-state index < -0.39 is 6.03 Å². The third kappa shape index (κ3) is 7.64. The Kier molecular flexibility index (Phi) is 9.97. The van der Waals surface area contributed by atoms with E-state index in [1.54, 1.807) is 25.3 Å². The third-order valence-corrected chi connectivity index (χ3v) is 11.0. The van der Waals surface area contributed by atoms with Crippen molar-refractivity contribution in [3.63, 3.8) is 0 Å². The summed E-state index contributed by atoms with van der Waals surface area (Å²) >= 11 is 6.40. The number of hydrogen-bond donors (Lipinski definition) is 1. The van der Waals surface area contributed by atoms with Gasteiger partial charge in [0.2, 0.25) is 5.91 Å². The van der Waals surface area contributed by atoms with Gasteiger partial charge in [0, 0.05) is 64.3 Å². The van der Waals surface area contributed by atoms with Crippen molar-refractivity contribution in [1.29, 1.82) is 0 Å². The summed E-state index contributed by atoms with van der Waals surface area (Å²) in [6.45, 7) is 8.54. The number of ether oxygens (including phenoxy) is 1. The molecule has 2 aromatic rings. The minimum Gasteiger partial charge on any atom is -0.497 e. The highest BCUT2D eigenvalue weighted by Gasteiger charge is 2.39. The Bertz CT molecular complexity index is 1360. The smallest absolute Gasteiger partial charge is 0.328 e. The van der Waals surface area contributed by atoms with Gasteiger partial charge in [0.15, 0.2) is 0 Å². The number of nitrogens with one attached hydrogen (secondary N) is 1. The number of imide groups is 1. The van der Waals surface area contributed by atoms with Crippen LogP contribution in [-0.4, -0.2) is 92.0 Å². The number of carbonyl (C=O) groups is 3. The van der Waals surface area contributed by atoms with Crippen molar-refractivity contribution in [2.45, 2.75) is 57.9 Å². The largest absolute Gasteiger partial charge is 0.497 e. The van der Waals surface area contributed by atoms with Crippen LogP contribution in [0.3, 0.4) is 0 Å². The first-order valence-electron chi connectivity index (χ1n) is 16.6. The van der Waals surface area contributed by atoms with E-state index in [9.17, 15) is 14.4 Å². The van der Waals surface area contributed by atoms with Gasteiger partial charge in [0.25, 0.3) is 5.91 Å². The predicted molar refractivity (Wildman–Crippen MR) is 176 cm³/mol. The topological polar surface area (TPSA) is 85.4 Å². The Hall–Kier alpha value is -3.14. The molecule has 0 bridgehead atoms. The lowest BCUT2D eigenvalue weighted by Crippen LogP contribution is -2.49. The summed E-state index contributed by atoms with van der Waals surface area (Å²) in [6, 6.07) is 13.0. The molecule has 4 amide bonds. The number of rotatable bonds is 8. The Labute approximate surface area is 271 Å². The van der Waals surface area contributed by atoms with Crippen LogP contribution >= 0.6 is 11.6 Å². The lowest BCUT2D eigenvalue weighted by atomic mass is 9.65. The number of urea groups is 1. The molecule has 10 heteroatoms. The van der Waals surface area contributed by atoms with Crippen LogP contribution in [0.25, 0.3) is 0 Å². The van der Waals surface area contributed by atoms with E-state index in [1.807, 2.05) is 17.0 Å². The Balaban J connectivity index is 0.918. The zero-order valence-electron chi connectivity index (χ0n) is 26.4. The highest BCUT2D eigenvalue weighted by atomic mass is 35.5. The molecule has 0 aromatic heterocycles. The Morgan fingerprint density at radius 2 is 1.60 bits per heavy atom. The summed E-state index contributed by atoms with van der Waals surface area (Å²) in [5, 5.41) is 2.71. The number of piperazine rings is 1. The lowest BCUT2D eigenvalue weighted by Gasteiger charge is -2.46. The molecular formula is C35H46ClN5O4. The van der Waals surface area contributed by atoms with Crippen LogP contribution in [0.15, 0.2) is 42.5 Å². The van der Waals surface area contributed by atoms with Crippen LogP contribution in [-0.2, 0) is 11.3 Å². The molecule has 4 aliphatic rings. The van der Waals surface area contributed by atoms with Crippen LogP contribution < -0.4 is 15.0 Å². The van der Waals surface area contributed by atoms with Crippen molar-refractivity contribution in [1.82, 2.24) is 20.0 Å². The predicted octanol–water partition coefficient (Wildman–Crippen LogP) is 5.42. The molecule has 3 aliphatic heterocycles. The second-order valence-electron chi connectivity index (χ2n) is 13.4. The van der Waals surface area contributed by atoms with Gasteiger partial charge in [-0.3, -0.25) is 24.7 Å². The van der Waals surface area contributed by atoms with Gasteiger partial charge in [-0.25, -0.2) is 4.79 Å². The quantitative estimate of drug-likeness (QED) is 0.417. The minimum absolute atomic E-state index is 0.0194. The summed E-state index contributed by atoms with van der Waals surface area (Å²) in [5.41, 5.74) is 2.71. The van der Waals surface area contributed by atoms with E-state index in [0.717, 1.165) is 70.3 Å². The number of carbonyl (C=O) groups excluding carboxylic acids is 3. The molecule has 9 nitrogen and oxygen atoms in total. The second kappa shape index (κ2) is 14.1. The molecule has 0 radical (unpaired) electrons. The molecular weight excluding hydrogens is 590 g/mol. The molecule has 0 unspecified atom stereocenters. The van der Waals surface area contributed by atoms with E-state index >= 15 is 0 Å². The molecule has 242 valence electrons. The van der Waals surface area contributed by atoms with Gasteiger partial charge >= 0.3 is 6.03 Å². The molecule has 3 saturated heterocycles. The van der Waals surface area contributed by atoms with Gasteiger partial charge in [-0.2, -0.15) is 0 Å². The molecule has 1 aliphatic carbocycles. The van der Waals surface area contributed by atoms with Crippen molar-refractivity contribution in [3.05, 3.63) is 58.6 Å². The minimum atomic E-state index is -0.503. The number of anilines is 1. The highest BCUT2D eigenvalue weighted by Crippen LogP contribution is 2.47.